The quantitative estimate of drug-likeness (QED) is 0.884. The molecule has 4 heteroatoms. The van der Waals surface area contributed by atoms with Gasteiger partial charge in [0.2, 0.25) is 0 Å². The van der Waals surface area contributed by atoms with E-state index in [1.165, 1.54) is 0 Å². The van der Waals surface area contributed by atoms with Crippen molar-refractivity contribution in [2.24, 2.45) is 0 Å². The van der Waals surface area contributed by atoms with E-state index in [4.69, 9.17) is 4.42 Å². The van der Waals surface area contributed by atoms with Crippen LogP contribution in [0, 0.1) is 6.92 Å². The van der Waals surface area contributed by atoms with Gasteiger partial charge in [-0.15, -0.1) is 11.3 Å². The van der Waals surface area contributed by atoms with Crippen LogP contribution < -0.4 is 5.32 Å². The second-order valence-electron chi connectivity index (χ2n) is 3.77. The molecule has 0 radical (unpaired) electrons. The molecule has 0 saturated carbocycles. The van der Waals surface area contributed by atoms with Crippen LogP contribution in [-0.2, 0) is 0 Å². The Morgan fingerprint density at radius 1 is 1.50 bits per heavy atom. The molecule has 86 valence electrons. The molecule has 0 spiro atoms. The Labute approximate surface area is 99.5 Å². The average Bonchev–Trinajstić information content (AvgIpc) is 2.85. The third-order valence-electron chi connectivity index (χ3n) is 2.43. The molecule has 2 rings (SSSR count). The number of rotatable bonds is 4. The van der Waals surface area contributed by atoms with Gasteiger partial charge in [-0.3, -0.25) is 0 Å². The standard InChI is InChI=1S/C12H16N2OS/c1-4-13-9(3)10-7-16-12(14-10)11-6-5-8(2)15-11/h5-7,9,13H,4H2,1-3H3. The summed E-state index contributed by atoms with van der Waals surface area (Å²) in [5, 5.41) is 6.38. The number of hydrogen-bond acceptors (Lipinski definition) is 4. The molecule has 0 aliphatic heterocycles. The number of nitrogens with zero attached hydrogens (tertiary/aromatic N) is 1. The van der Waals surface area contributed by atoms with Gasteiger partial charge in [0, 0.05) is 11.4 Å². The van der Waals surface area contributed by atoms with Crippen LogP contribution >= 0.6 is 11.3 Å². The molecule has 2 aromatic rings. The maximum Gasteiger partial charge on any atom is 0.162 e. The molecule has 1 N–H and O–H groups in total. The second-order valence-corrected chi connectivity index (χ2v) is 4.63. The van der Waals surface area contributed by atoms with E-state index >= 15 is 0 Å². The van der Waals surface area contributed by atoms with E-state index in [9.17, 15) is 0 Å². The fraction of sp³-hybridized carbons (Fsp3) is 0.417. The van der Waals surface area contributed by atoms with Crippen molar-refractivity contribution in [3.05, 3.63) is 29.0 Å². The summed E-state index contributed by atoms with van der Waals surface area (Å²) in [4.78, 5) is 4.57. The van der Waals surface area contributed by atoms with Crippen LogP contribution in [0.3, 0.4) is 0 Å². The average molecular weight is 236 g/mol. The molecular weight excluding hydrogens is 220 g/mol. The summed E-state index contributed by atoms with van der Waals surface area (Å²) >= 11 is 1.63. The highest BCUT2D eigenvalue weighted by Crippen LogP contribution is 2.27. The zero-order valence-corrected chi connectivity index (χ0v) is 10.6. The molecule has 1 atom stereocenters. The van der Waals surface area contributed by atoms with Crippen molar-refractivity contribution in [1.29, 1.82) is 0 Å². The van der Waals surface area contributed by atoms with Gasteiger partial charge >= 0.3 is 0 Å². The number of aromatic nitrogens is 1. The highest BCUT2D eigenvalue weighted by Gasteiger charge is 2.11. The molecule has 0 fully saturated rings. The Balaban J connectivity index is 2.19. The lowest BCUT2D eigenvalue weighted by atomic mass is 10.2. The lowest BCUT2D eigenvalue weighted by Gasteiger charge is -2.07. The van der Waals surface area contributed by atoms with Gasteiger partial charge in [-0.1, -0.05) is 6.92 Å². The molecular formula is C12H16N2OS. The lowest BCUT2D eigenvalue weighted by Crippen LogP contribution is -2.17. The highest BCUT2D eigenvalue weighted by atomic mass is 32.1. The molecule has 0 aliphatic carbocycles. The van der Waals surface area contributed by atoms with Crippen LogP contribution in [0.2, 0.25) is 0 Å². The van der Waals surface area contributed by atoms with Crippen LogP contribution in [0.25, 0.3) is 10.8 Å². The molecule has 0 aromatic carbocycles. The van der Waals surface area contributed by atoms with E-state index in [0.717, 1.165) is 28.8 Å². The van der Waals surface area contributed by atoms with Gasteiger partial charge in [0.25, 0.3) is 0 Å². The number of furan rings is 1. The first-order valence-electron chi connectivity index (χ1n) is 5.46. The van der Waals surface area contributed by atoms with Crippen molar-refractivity contribution >= 4 is 11.3 Å². The summed E-state index contributed by atoms with van der Waals surface area (Å²) in [6.45, 7) is 7.11. The zero-order chi connectivity index (χ0) is 11.5. The molecule has 16 heavy (non-hydrogen) atoms. The van der Waals surface area contributed by atoms with Gasteiger partial charge in [-0.05, 0) is 32.5 Å². The number of hydrogen-bond donors (Lipinski definition) is 1. The maximum atomic E-state index is 5.55. The van der Waals surface area contributed by atoms with Gasteiger partial charge < -0.3 is 9.73 Å². The molecule has 0 amide bonds. The minimum atomic E-state index is 0.297. The predicted molar refractivity (Wildman–Crippen MR) is 66.6 cm³/mol. The molecule has 1 unspecified atom stereocenters. The third kappa shape index (κ3) is 2.33. The van der Waals surface area contributed by atoms with Crippen molar-refractivity contribution in [2.45, 2.75) is 26.8 Å². The van der Waals surface area contributed by atoms with Gasteiger partial charge in [0.1, 0.15) is 5.76 Å². The Kier molecular flexibility index (Phi) is 3.41. The molecule has 2 aromatic heterocycles. The molecule has 2 heterocycles. The summed E-state index contributed by atoms with van der Waals surface area (Å²) < 4.78 is 5.55. The van der Waals surface area contributed by atoms with Gasteiger partial charge in [-0.2, -0.15) is 0 Å². The SMILES string of the molecule is CCNC(C)c1csc(-c2ccc(C)o2)n1. The van der Waals surface area contributed by atoms with Gasteiger partial charge in [-0.25, -0.2) is 4.98 Å². The van der Waals surface area contributed by atoms with Gasteiger partial charge in [0.15, 0.2) is 10.8 Å². The van der Waals surface area contributed by atoms with Crippen molar-refractivity contribution in [2.75, 3.05) is 6.54 Å². The van der Waals surface area contributed by atoms with E-state index in [-0.39, 0.29) is 0 Å². The van der Waals surface area contributed by atoms with Crippen molar-refractivity contribution in [3.63, 3.8) is 0 Å². The van der Waals surface area contributed by atoms with Crippen LogP contribution in [-0.4, -0.2) is 11.5 Å². The lowest BCUT2D eigenvalue weighted by molar-refractivity contribution is 0.546. The summed E-state index contributed by atoms with van der Waals surface area (Å²) in [5.41, 5.74) is 1.08. The molecule has 0 saturated heterocycles. The fourth-order valence-electron chi connectivity index (χ4n) is 1.56. The van der Waals surface area contributed by atoms with Gasteiger partial charge in [0.05, 0.1) is 5.69 Å². The monoisotopic (exact) mass is 236 g/mol. The number of nitrogens with one attached hydrogen (secondary N) is 1. The Hall–Kier alpha value is -1.13. The Bertz CT molecular complexity index is 461. The normalized spacial score (nSPS) is 12.9. The van der Waals surface area contributed by atoms with Crippen molar-refractivity contribution < 1.29 is 4.42 Å². The first kappa shape index (κ1) is 11.4. The highest BCUT2D eigenvalue weighted by molar-refractivity contribution is 7.13. The fourth-order valence-corrected chi connectivity index (χ4v) is 2.43. The van der Waals surface area contributed by atoms with Crippen LogP contribution in [0.1, 0.15) is 31.3 Å². The van der Waals surface area contributed by atoms with Crippen molar-refractivity contribution in [1.82, 2.24) is 10.3 Å². The number of thiazole rings is 1. The van der Waals surface area contributed by atoms with E-state index in [0.29, 0.717) is 6.04 Å². The van der Waals surface area contributed by atoms with E-state index in [1.807, 2.05) is 19.1 Å². The summed E-state index contributed by atoms with van der Waals surface area (Å²) in [5.74, 6) is 1.78. The largest absolute Gasteiger partial charge is 0.459 e. The summed E-state index contributed by atoms with van der Waals surface area (Å²) in [6.07, 6.45) is 0. The maximum absolute atomic E-state index is 5.55. The Morgan fingerprint density at radius 2 is 2.31 bits per heavy atom. The summed E-state index contributed by atoms with van der Waals surface area (Å²) in [6, 6.07) is 4.23. The molecule has 3 nitrogen and oxygen atoms in total. The van der Waals surface area contributed by atoms with E-state index < -0.39 is 0 Å². The molecule has 0 aliphatic rings. The first-order chi connectivity index (χ1) is 7.70. The van der Waals surface area contributed by atoms with Crippen LogP contribution in [0.15, 0.2) is 21.9 Å². The smallest absolute Gasteiger partial charge is 0.162 e. The first-order valence-corrected chi connectivity index (χ1v) is 6.34. The minimum absolute atomic E-state index is 0.297. The third-order valence-corrected chi connectivity index (χ3v) is 3.30. The minimum Gasteiger partial charge on any atom is -0.459 e. The topological polar surface area (TPSA) is 38.1 Å². The number of aryl methyl sites for hydroxylation is 1. The zero-order valence-electron chi connectivity index (χ0n) is 9.78. The van der Waals surface area contributed by atoms with E-state index in [1.54, 1.807) is 11.3 Å². The Morgan fingerprint density at radius 3 is 2.94 bits per heavy atom. The van der Waals surface area contributed by atoms with Crippen molar-refractivity contribution in [3.8, 4) is 10.8 Å². The predicted octanol–water partition coefficient (Wildman–Crippen LogP) is 3.38. The van der Waals surface area contributed by atoms with Crippen LogP contribution in [0.4, 0.5) is 0 Å². The second kappa shape index (κ2) is 4.80. The van der Waals surface area contributed by atoms with Crippen LogP contribution in [0.5, 0.6) is 0 Å². The van der Waals surface area contributed by atoms with E-state index in [2.05, 4.69) is 29.5 Å². The molecule has 0 bridgehead atoms. The summed E-state index contributed by atoms with van der Waals surface area (Å²) in [7, 11) is 0.